The summed E-state index contributed by atoms with van der Waals surface area (Å²) in [6.45, 7) is 0.233. The number of carboxylic acids is 1. The maximum absolute atomic E-state index is 12.7. The third-order valence-electron chi connectivity index (χ3n) is 2.61. The largest absolute Gasteiger partial charge is 0.477 e. The molecule has 0 fully saturated rings. The van der Waals surface area contributed by atoms with Crippen molar-refractivity contribution in [3.05, 3.63) is 50.7 Å². The lowest BCUT2D eigenvalue weighted by Crippen LogP contribution is -2.07. The number of rotatable bonds is 4. The Morgan fingerprint density at radius 3 is 2.57 bits per heavy atom. The van der Waals surface area contributed by atoms with Crippen molar-refractivity contribution in [2.45, 2.75) is 12.7 Å². The van der Waals surface area contributed by atoms with E-state index in [0.29, 0.717) is 4.88 Å². The zero-order chi connectivity index (χ0) is 15.6. The molecular weight excluding hydrogens is 327 g/mol. The second-order valence-corrected chi connectivity index (χ2v) is 5.69. The van der Waals surface area contributed by atoms with Gasteiger partial charge in [-0.2, -0.15) is 13.2 Å². The third-order valence-corrected chi connectivity index (χ3v) is 4.01. The van der Waals surface area contributed by atoms with Gasteiger partial charge in [0.1, 0.15) is 4.88 Å². The van der Waals surface area contributed by atoms with Gasteiger partial charge < -0.3 is 10.4 Å². The van der Waals surface area contributed by atoms with Crippen LogP contribution in [0.2, 0.25) is 5.02 Å². The predicted octanol–water partition coefficient (Wildman–Crippen LogP) is 4.73. The first-order valence-electron chi connectivity index (χ1n) is 5.70. The number of thiophene rings is 1. The van der Waals surface area contributed by atoms with Gasteiger partial charge in [-0.1, -0.05) is 11.6 Å². The molecule has 0 radical (unpaired) electrons. The van der Waals surface area contributed by atoms with Crippen LogP contribution in [0.15, 0.2) is 30.3 Å². The van der Waals surface area contributed by atoms with Crippen molar-refractivity contribution in [3.8, 4) is 0 Å². The molecule has 2 N–H and O–H groups in total. The lowest BCUT2D eigenvalue weighted by molar-refractivity contribution is -0.137. The number of carbonyl (C=O) groups is 1. The van der Waals surface area contributed by atoms with Crippen LogP contribution in [0.4, 0.5) is 18.9 Å². The van der Waals surface area contributed by atoms with Gasteiger partial charge in [0.25, 0.3) is 0 Å². The number of anilines is 1. The number of hydrogen-bond acceptors (Lipinski definition) is 3. The quantitative estimate of drug-likeness (QED) is 0.849. The van der Waals surface area contributed by atoms with Gasteiger partial charge in [-0.3, -0.25) is 0 Å². The van der Waals surface area contributed by atoms with Gasteiger partial charge in [-0.15, -0.1) is 11.3 Å². The molecular formula is C13H9ClF3NO2S. The predicted molar refractivity (Wildman–Crippen MR) is 75.1 cm³/mol. The molecule has 1 aromatic carbocycles. The van der Waals surface area contributed by atoms with E-state index in [-0.39, 0.29) is 22.1 Å². The molecule has 0 aliphatic carbocycles. The zero-order valence-electron chi connectivity index (χ0n) is 10.4. The highest BCUT2D eigenvalue weighted by molar-refractivity contribution is 7.13. The molecule has 8 heteroatoms. The molecule has 21 heavy (non-hydrogen) atoms. The Kier molecular flexibility index (Phi) is 4.43. The summed E-state index contributed by atoms with van der Waals surface area (Å²) in [6.07, 6.45) is -4.52. The number of alkyl halides is 3. The van der Waals surface area contributed by atoms with E-state index in [9.17, 15) is 18.0 Å². The lowest BCUT2D eigenvalue weighted by atomic mass is 10.2. The van der Waals surface area contributed by atoms with Crippen LogP contribution in [-0.4, -0.2) is 11.1 Å². The van der Waals surface area contributed by atoms with Crippen molar-refractivity contribution in [1.82, 2.24) is 0 Å². The summed E-state index contributed by atoms with van der Waals surface area (Å²) < 4.78 is 38.1. The standard InChI is InChI=1S/C13H9ClF3NO2S/c14-10-3-1-7(5-9(10)13(15,16)17)18-6-8-2-4-11(21-8)12(19)20/h1-5,18H,6H2,(H,19,20). The van der Waals surface area contributed by atoms with E-state index in [2.05, 4.69) is 5.32 Å². The molecule has 3 nitrogen and oxygen atoms in total. The maximum Gasteiger partial charge on any atom is 0.417 e. The lowest BCUT2D eigenvalue weighted by Gasteiger charge is -2.12. The smallest absolute Gasteiger partial charge is 0.417 e. The summed E-state index contributed by atoms with van der Waals surface area (Å²) in [7, 11) is 0. The molecule has 2 aromatic rings. The highest BCUT2D eigenvalue weighted by atomic mass is 35.5. The number of aromatic carboxylic acids is 1. The Morgan fingerprint density at radius 2 is 2.00 bits per heavy atom. The van der Waals surface area contributed by atoms with Gasteiger partial charge in [0.15, 0.2) is 0 Å². The summed E-state index contributed by atoms with van der Waals surface area (Å²) in [6, 6.07) is 6.59. The molecule has 0 bridgehead atoms. The van der Waals surface area contributed by atoms with Crippen LogP contribution < -0.4 is 5.32 Å². The van der Waals surface area contributed by atoms with Crippen LogP contribution in [0, 0.1) is 0 Å². The summed E-state index contributed by atoms with van der Waals surface area (Å²) in [4.78, 5) is 11.6. The second kappa shape index (κ2) is 5.95. The fourth-order valence-electron chi connectivity index (χ4n) is 1.63. The first-order valence-corrected chi connectivity index (χ1v) is 6.89. The Balaban J connectivity index is 2.11. The van der Waals surface area contributed by atoms with Gasteiger partial charge in [0, 0.05) is 17.1 Å². The molecule has 0 amide bonds. The minimum absolute atomic E-state index is 0.180. The first-order chi connectivity index (χ1) is 9.77. The number of benzene rings is 1. The summed E-state index contributed by atoms with van der Waals surface area (Å²) in [5.74, 6) is -1.03. The fourth-order valence-corrected chi connectivity index (χ4v) is 2.64. The van der Waals surface area contributed by atoms with E-state index in [1.54, 1.807) is 6.07 Å². The van der Waals surface area contributed by atoms with Crippen molar-refractivity contribution in [3.63, 3.8) is 0 Å². The molecule has 2 rings (SSSR count). The SMILES string of the molecule is O=C(O)c1ccc(CNc2ccc(Cl)c(C(F)(F)F)c2)s1. The normalized spacial score (nSPS) is 11.4. The third kappa shape index (κ3) is 3.89. The highest BCUT2D eigenvalue weighted by Crippen LogP contribution is 2.36. The van der Waals surface area contributed by atoms with Gasteiger partial charge in [-0.25, -0.2) is 4.79 Å². The van der Waals surface area contributed by atoms with Crippen molar-refractivity contribution in [1.29, 1.82) is 0 Å². The van der Waals surface area contributed by atoms with Crippen molar-refractivity contribution in [2.24, 2.45) is 0 Å². The monoisotopic (exact) mass is 335 g/mol. The van der Waals surface area contributed by atoms with Gasteiger partial charge in [0.05, 0.1) is 10.6 Å². The van der Waals surface area contributed by atoms with E-state index in [0.717, 1.165) is 17.4 Å². The van der Waals surface area contributed by atoms with Crippen molar-refractivity contribution >= 4 is 34.6 Å². The minimum Gasteiger partial charge on any atom is -0.477 e. The van der Waals surface area contributed by atoms with Crippen LogP contribution >= 0.6 is 22.9 Å². The Hall–Kier alpha value is -1.73. The average Bonchev–Trinajstić information content (AvgIpc) is 2.85. The number of nitrogens with one attached hydrogen (secondary N) is 1. The fraction of sp³-hybridized carbons (Fsp3) is 0.154. The zero-order valence-corrected chi connectivity index (χ0v) is 11.9. The molecule has 112 valence electrons. The molecule has 0 saturated carbocycles. The number of hydrogen-bond donors (Lipinski definition) is 2. The van der Waals surface area contributed by atoms with Crippen molar-refractivity contribution < 1.29 is 23.1 Å². The highest BCUT2D eigenvalue weighted by Gasteiger charge is 2.33. The summed E-state index contributed by atoms with van der Waals surface area (Å²) in [5.41, 5.74) is -0.649. The Bertz CT molecular complexity index is 670. The van der Waals surface area contributed by atoms with E-state index in [1.165, 1.54) is 18.2 Å². The molecule has 0 atom stereocenters. The topological polar surface area (TPSA) is 49.3 Å². The molecule has 0 aliphatic rings. The maximum atomic E-state index is 12.7. The van der Waals surface area contributed by atoms with E-state index in [1.807, 2.05) is 0 Å². The van der Waals surface area contributed by atoms with Crippen LogP contribution in [-0.2, 0) is 12.7 Å². The molecule has 0 saturated heterocycles. The van der Waals surface area contributed by atoms with E-state index in [4.69, 9.17) is 16.7 Å². The van der Waals surface area contributed by atoms with Crippen molar-refractivity contribution in [2.75, 3.05) is 5.32 Å². The average molecular weight is 336 g/mol. The Morgan fingerprint density at radius 1 is 1.29 bits per heavy atom. The van der Waals surface area contributed by atoms with Gasteiger partial charge in [0.2, 0.25) is 0 Å². The van der Waals surface area contributed by atoms with Crippen LogP contribution in [0.5, 0.6) is 0 Å². The number of carboxylic acid groups (broad SMARTS) is 1. The van der Waals surface area contributed by atoms with Crippen LogP contribution in [0.1, 0.15) is 20.1 Å². The number of halogens is 4. The summed E-state index contributed by atoms with van der Waals surface area (Å²) >= 11 is 6.59. The van der Waals surface area contributed by atoms with Crippen LogP contribution in [0.25, 0.3) is 0 Å². The molecule has 0 spiro atoms. The summed E-state index contributed by atoms with van der Waals surface area (Å²) in [5, 5.41) is 11.2. The first kappa shape index (κ1) is 15.7. The second-order valence-electron chi connectivity index (χ2n) is 4.12. The minimum atomic E-state index is -4.52. The van der Waals surface area contributed by atoms with Gasteiger partial charge in [-0.05, 0) is 30.3 Å². The molecule has 1 heterocycles. The van der Waals surface area contributed by atoms with E-state index < -0.39 is 17.7 Å². The van der Waals surface area contributed by atoms with E-state index >= 15 is 0 Å². The molecule has 0 aliphatic heterocycles. The van der Waals surface area contributed by atoms with Crippen LogP contribution in [0.3, 0.4) is 0 Å². The van der Waals surface area contributed by atoms with Gasteiger partial charge >= 0.3 is 12.1 Å². The molecule has 0 unspecified atom stereocenters. The molecule has 1 aromatic heterocycles. The Labute approximate surface area is 127 Å².